The Hall–Kier alpha value is -3.50. The van der Waals surface area contributed by atoms with Crippen LogP contribution in [0.15, 0.2) is 113 Å². The van der Waals surface area contributed by atoms with E-state index in [1.54, 1.807) is 36.4 Å². The Morgan fingerprint density at radius 1 is 0.649 bits per heavy atom. The van der Waals surface area contributed by atoms with E-state index in [9.17, 15) is 25.9 Å². The molecule has 0 saturated heterocycles. The Kier molecular flexibility index (Phi) is 7.79. The summed E-state index contributed by atoms with van der Waals surface area (Å²) in [7, 11) is -8.94. The summed E-state index contributed by atoms with van der Waals surface area (Å²) in [4.78, 5) is 1.62. The molecule has 0 aliphatic carbocycles. The standard InChI is InChI=1S/C28H27NO6S2/c1-2-29(20-22-14-6-10-18-26(22)36(30,31)32)25-17-9-7-15-23(25)28(21-12-4-3-5-13-21)24-16-8-11-19-27(24)37(33,34)35/h3-19,28H,2,20H2,1H3,(H,30,31,32)(H,33,34,35). The third kappa shape index (κ3) is 5.91. The minimum atomic E-state index is -4.51. The van der Waals surface area contributed by atoms with E-state index in [1.807, 2.05) is 66.4 Å². The number of para-hydroxylation sites is 1. The lowest BCUT2D eigenvalue weighted by Gasteiger charge is -2.30. The van der Waals surface area contributed by atoms with Gasteiger partial charge in [0.15, 0.2) is 0 Å². The van der Waals surface area contributed by atoms with Crippen LogP contribution in [0.1, 0.15) is 35.1 Å². The molecule has 0 heterocycles. The number of rotatable bonds is 9. The van der Waals surface area contributed by atoms with Gasteiger partial charge in [0.25, 0.3) is 20.2 Å². The first kappa shape index (κ1) is 26.6. The monoisotopic (exact) mass is 537 g/mol. The van der Waals surface area contributed by atoms with Crippen LogP contribution in [0.25, 0.3) is 0 Å². The number of hydrogen-bond donors (Lipinski definition) is 2. The van der Waals surface area contributed by atoms with Gasteiger partial charge >= 0.3 is 0 Å². The molecular weight excluding hydrogens is 510 g/mol. The van der Waals surface area contributed by atoms with Crippen LogP contribution < -0.4 is 4.90 Å². The molecule has 192 valence electrons. The fourth-order valence-electron chi connectivity index (χ4n) is 4.60. The van der Waals surface area contributed by atoms with Crippen molar-refractivity contribution in [1.82, 2.24) is 0 Å². The second kappa shape index (κ2) is 10.9. The van der Waals surface area contributed by atoms with Crippen molar-refractivity contribution in [2.45, 2.75) is 29.2 Å². The van der Waals surface area contributed by atoms with Crippen molar-refractivity contribution in [1.29, 1.82) is 0 Å². The Morgan fingerprint density at radius 3 is 1.78 bits per heavy atom. The Labute approximate surface area is 217 Å². The molecule has 0 amide bonds. The van der Waals surface area contributed by atoms with E-state index in [-0.39, 0.29) is 16.3 Å². The topological polar surface area (TPSA) is 112 Å². The highest BCUT2D eigenvalue weighted by Gasteiger charge is 2.28. The lowest BCUT2D eigenvalue weighted by molar-refractivity contribution is 0.479. The van der Waals surface area contributed by atoms with Gasteiger partial charge in [-0.25, -0.2) is 0 Å². The van der Waals surface area contributed by atoms with Gasteiger partial charge in [-0.3, -0.25) is 9.11 Å². The van der Waals surface area contributed by atoms with Crippen LogP contribution >= 0.6 is 0 Å². The summed E-state index contributed by atoms with van der Waals surface area (Å²) in [6, 6.07) is 29.5. The van der Waals surface area contributed by atoms with Crippen molar-refractivity contribution in [2.24, 2.45) is 0 Å². The maximum atomic E-state index is 12.3. The van der Waals surface area contributed by atoms with E-state index in [1.165, 1.54) is 12.1 Å². The van der Waals surface area contributed by atoms with Crippen LogP contribution in [-0.4, -0.2) is 32.5 Å². The highest BCUT2D eigenvalue weighted by Crippen LogP contribution is 2.40. The second-order valence-electron chi connectivity index (χ2n) is 8.51. The average molecular weight is 538 g/mol. The molecule has 0 aromatic heterocycles. The van der Waals surface area contributed by atoms with Gasteiger partial charge in [-0.15, -0.1) is 0 Å². The minimum Gasteiger partial charge on any atom is -0.367 e. The molecule has 37 heavy (non-hydrogen) atoms. The van der Waals surface area contributed by atoms with Gasteiger partial charge in [0, 0.05) is 24.7 Å². The predicted molar refractivity (Wildman–Crippen MR) is 143 cm³/mol. The van der Waals surface area contributed by atoms with Gasteiger partial charge < -0.3 is 4.90 Å². The Bertz CT molecular complexity index is 1600. The van der Waals surface area contributed by atoms with Gasteiger partial charge in [-0.05, 0) is 47.4 Å². The van der Waals surface area contributed by atoms with Crippen LogP contribution in [-0.2, 0) is 26.8 Å². The van der Waals surface area contributed by atoms with E-state index in [4.69, 9.17) is 0 Å². The number of nitrogens with zero attached hydrogens (tertiary/aromatic N) is 1. The van der Waals surface area contributed by atoms with E-state index in [0.29, 0.717) is 17.7 Å². The minimum absolute atomic E-state index is 0.165. The quantitative estimate of drug-likeness (QED) is 0.218. The highest BCUT2D eigenvalue weighted by molar-refractivity contribution is 7.86. The third-order valence-corrected chi connectivity index (χ3v) is 8.10. The smallest absolute Gasteiger partial charge is 0.294 e. The second-order valence-corrected chi connectivity index (χ2v) is 11.3. The highest BCUT2D eigenvalue weighted by atomic mass is 32.2. The Balaban J connectivity index is 1.91. The largest absolute Gasteiger partial charge is 0.367 e. The lowest BCUT2D eigenvalue weighted by Crippen LogP contribution is -2.25. The molecule has 9 heteroatoms. The number of hydrogen-bond acceptors (Lipinski definition) is 5. The molecule has 2 N–H and O–H groups in total. The van der Waals surface area contributed by atoms with Crippen molar-refractivity contribution in [2.75, 3.05) is 11.4 Å². The molecular formula is C28H27NO6S2. The normalized spacial score (nSPS) is 12.7. The summed E-state index contributed by atoms with van der Waals surface area (Å²) < 4.78 is 68.4. The molecule has 4 rings (SSSR count). The van der Waals surface area contributed by atoms with Crippen LogP contribution in [0.2, 0.25) is 0 Å². The van der Waals surface area contributed by atoms with Crippen molar-refractivity contribution in [3.8, 4) is 0 Å². The summed E-state index contributed by atoms with van der Waals surface area (Å²) >= 11 is 0. The maximum absolute atomic E-state index is 12.3. The van der Waals surface area contributed by atoms with Gasteiger partial charge in [-0.1, -0.05) is 84.9 Å². The van der Waals surface area contributed by atoms with Gasteiger partial charge in [0.2, 0.25) is 0 Å². The molecule has 0 saturated carbocycles. The first-order chi connectivity index (χ1) is 17.6. The SMILES string of the molecule is CCN(Cc1ccccc1S(=O)(=O)O)c1ccccc1C(c1ccccc1)c1ccccc1S(=O)(=O)O. The fraction of sp³-hybridized carbons (Fsp3) is 0.143. The summed E-state index contributed by atoms with van der Waals surface area (Å²) in [5.74, 6) is -0.554. The van der Waals surface area contributed by atoms with Crippen LogP contribution in [0.3, 0.4) is 0 Å². The van der Waals surface area contributed by atoms with Crippen molar-refractivity contribution < 1.29 is 25.9 Å². The summed E-state index contributed by atoms with van der Waals surface area (Å²) in [5, 5.41) is 0. The average Bonchev–Trinajstić information content (AvgIpc) is 2.88. The first-order valence-electron chi connectivity index (χ1n) is 11.6. The van der Waals surface area contributed by atoms with Gasteiger partial charge in [-0.2, -0.15) is 16.8 Å². The van der Waals surface area contributed by atoms with E-state index in [2.05, 4.69) is 0 Å². The van der Waals surface area contributed by atoms with Crippen molar-refractivity contribution in [3.05, 3.63) is 125 Å². The molecule has 0 spiro atoms. The van der Waals surface area contributed by atoms with Crippen LogP contribution in [0.5, 0.6) is 0 Å². The zero-order valence-electron chi connectivity index (χ0n) is 20.1. The molecule has 7 nitrogen and oxygen atoms in total. The molecule has 0 fully saturated rings. The van der Waals surface area contributed by atoms with Crippen molar-refractivity contribution >= 4 is 25.9 Å². The van der Waals surface area contributed by atoms with E-state index >= 15 is 0 Å². The predicted octanol–water partition coefficient (Wildman–Crippen LogP) is 5.39. The zero-order chi connectivity index (χ0) is 26.6. The lowest BCUT2D eigenvalue weighted by atomic mass is 9.84. The molecule has 4 aromatic rings. The van der Waals surface area contributed by atoms with Crippen LogP contribution in [0, 0.1) is 0 Å². The van der Waals surface area contributed by atoms with E-state index < -0.39 is 26.2 Å². The molecule has 0 aliphatic rings. The molecule has 0 bridgehead atoms. The molecule has 1 atom stereocenters. The molecule has 1 unspecified atom stereocenters. The van der Waals surface area contributed by atoms with Crippen molar-refractivity contribution in [3.63, 3.8) is 0 Å². The van der Waals surface area contributed by atoms with Crippen LogP contribution in [0.4, 0.5) is 5.69 Å². The third-order valence-electron chi connectivity index (χ3n) is 6.22. The number of benzene rings is 4. The Morgan fingerprint density at radius 2 is 1.16 bits per heavy atom. The number of anilines is 1. The van der Waals surface area contributed by atoms with Gasteiger partial charge in [0.1, 0.15) is 0 Å². The fourth-order valence-corrected chi connectivity index (χ4v) is 6.05. The maximum Gasteiger partial charge on any atom is 0.294 e. The first-order valence-corrected chi connectivity index (χ1v) is 14.5. The van der Waals surface area contributed by atoms with E-state index in [0.717, 1.165) is 16.8 Å². The summed E-state index contributed by atoms with van der Waals surface area (Å²) in [6.07, 6.45) is 0. The van der Waals surface area contributed by atoms with Gasteiger partial charge in [0.05, 0.1) is 9.79 Å². The zero-order valence-corrected chi connectivity index (χ0v) is 21.7. The molecule has 4 aromatic carbocycles. The summed E-state index contributed by atoms with van der Waals surface area (Å²) in [5.41, 5.74) is 3.19. The summed E-state index contributed by atoms with van der Waals surface area (Å²) in [6.45, 7) is 2.61. The molecule has 0 aliphatic heterocycles. The molecule has 0 radical (unpaired) electrons.